The van der Waals surface area contributed by atoms with E-state index in [9.17, 15) is 9.90 Å². The highest BCUT2D eigenvalue weighted by molar-refractivity contribution is 7.98. The van der Waals surface area contributed by atoms with Gasteiger partial charge < -0.3 is 9.90 Å². The van der Waals surface area contributed by atoms with E-state index in [0.29, 0.717) is 17.4 Å². The lowest BCUT2D eigenvalue weighted by atomic mass is 10.1. The molecule has 0 aliphatic heterocycles. The van der Waals surface area contributed by atoms with Gasteiger partial charge in [-0.15, -0.1) is 5.10 Å². The summed E-state index contributed by atoms with van der Waals surface area (Å²) in [6.07, 6.45) is 2.28. The molecule has 18 heavy (non-hydrogen) atoms. The van der Waals surface area contributed by atoms with Gasteiger partial charge in [-0.25, -0.2) is 9.50 Å². The maximum atomic E-state index is 10.5. The van der Waals surface area contributed by atoms with Crippen molar-refractivity contribution in [1.82, 2.24) is 19.6 Å². The highest BCUT2D eigenvalue weighted by Gasteiger charge is 2.12. The van der Waals surface area contributed by atoms with E-state index < -0.39 is 5.97 Å². The molecule has 0 saturated heterocycles. The van der Waals surface area contributed by atoms with Crippen LogP contribution in [-0.2, 0) is 11.2 Å². The van der Waals surface area contributed by atoms with Crippen molar-refractivity contribution in [2.24, 2.45) is 0 Å². The molecule has 7 heteroatoms. The Morgan fingerprint density at radius 1 is 1.39 bits per heavy atom. The summed E-state index contributed by atoms with van der Waals surface area (Å²) in [7, 11) is 0. The van der Waals surface area contributed by atoms with E-state index in [1.165, 1.54) is 11.8 Å². The van der Waals surface area contributed by atoms with Crippen LogP contribution in [0.2, 0.25) is 0 Å². The molecule has 2 rings (SSSR count). The van der Waals surface area contributed by atoms with Crippen molar-refractivity contribution in [3.8, 4) is 0 Å². The quantitative estimate of drug-likeness (QED) is 0.731. The van der Waals surface area contributed by atoms with Gasteiger partial charge in [0.2, 0.25) is 5.16 Å². The Kier molecular flexibility index (Phi) is 3.51. The molecule has 2 heterocycles. The predicted octanol–water partition coefficient (Wildman–Crippen LogP) is 0.146. The summed E-state index contributed by atoms with van der Waals surface area (Å²) >= 11 is 1.45. The molecule has 0 fully saturated rings. The van der Waals surface area contributed by atoms with E-state index in [1.54, 1.807) is 4.52 Å². The van der Waals surface area contributed by atoms with Crippen molar-refractivity contribution in [2.45, 2.75) is 31.8 Å². The molecule has 0 unspecified atom stereocenters. The number of fused-ring (bicyclic) bond motifs is 1. The van der Waals surface area contributed by atoms with Crippen molar-refractivity contribution in [1.29, 1.82) is 0 Å². The summed E-state index contributed by atoms with van der Waals surface area (Å²) in [5.41, 5.74) is 2.57. The first kappa shape index (κ1) is 12.8. The lowest BCUT2D eigenvalue weighted by molar-refractivity contribution is -0.305. The van der Waals surface area contributed by atoms with Crippen molar-refractivity contribution < 1.29 is 9.90 Å². The summed E-state index contributed by atoms with van der Waals surface area (Å²) in [4.78, 5) is 19.1. The van der Waals surface area contributed by atoms with Crippen LogP contribution in [0.1, 0.15) is 23.4 Å². The largest absolute Gasteiger partial charge is 0.550 e. The zero-order valence-electron chi connectivity index (χ0n) is 10.4. The predicted molar refractivity (Wildman–Crippen MR) is 65.4 cm³/mol. The third kappa shape index (κ3) is 2.31. The van der Waals surface area contributed by atoms with Crippen LogP contribution in [0.15, 0.2) is 5.16 Å². The minimum absolute atomic E-state index is 0.0149. The fourth-order valence-electron chi connectivity index (χ4n) is 1.87. The van der Waals surface area contributed by atoms with E-state index in [4.69, 9.17) is 0 Å². The maximum Gasteiger partial charge on any atom is 0.253 e. The lowest BCUT2D eigenvalue weighted by Gasteiger charge is -2.10. The molecule has 0 aliphatic rings. The number of thioether (sulfide) groups is 1. The van der Waals surface area contributed by atoms with Crippen LogP contribution in [0.3, 0.4) is 0 Å². The van der Waals surface area contributed by atoms with Crippen molar-refractivity contribution in [3.63, 3.8) is 0 Å². The van der Waals surface area contributed by atoms with Gasteiger partial charge in [-0.2, -0.15) is 4.98 Å². The Morgan fingerprint density at radius 2 is 2.11 bits per heavy atom. The number of carboxylic acids is 1. The zero-order valence-corrected chi connectivity index (χ0v) is 11.2. The number of rotatable bonds is 4. The van der Waals surface area contributed by atoms with Crippen LogP contribution in [0.25, 0.3) is 5.78 Å². The van der Waals surface area contributed by atoms with E-state index in [2.05, 4.69) is 15.1 Å². The molecule has 0 saturated carbocycles. The van der Waals surface area contributed by atoms with Gasteiger partial charge in [0.15, 0.2) is 0 Å². The summed E-state index contributed by atoms with van der Waals surface area (Å²) in [6, 6.07) is 0. The van der Waals surface area contributed by atoms with Crippen molar-refractivity contribution >= 4 is 23.5 Å². The Balaban J connectivity index is 2.49. The number of nitrogens with zero attached hydrogens (tertiary/aromatic N) is 4. The SMILES string of the molecule is CSc1nc2nc(C)c(CCC(=O)[O-])c(C)n2n1. The summed E-state index contributed by atoms with van der Waals surface area (Å²) in [6.45, 7) is 3.75. The number of aliphatic carboxylic acids is 1. The number of carbonyl (C=O) groups excluding carboxylic acids is 1. The number of aryl methyl sites for hydroxylation is 2. The molecule has 0 bridgehead atoms. The molecule has 0 spiro atoms. The molecular weight excluding hydrogens is 252 g/mol. The Morgan fingerprint density at radius 3 is 2.72 bits per heavy atom. The van der Waals surface area contributed by atoms with Gasteiger partial charge in [-0.1, -0.05) is 11.8 Å². The molecule has 0 aromatic carbocycles. The Hall–Kier alpha value is -1.63. The molecule has 0 atom stereocenters. The summed E-state index contributed by atoms with van der Waals surface area (Å²) < 4.78 is 1.66. The summed E-state index contributed by atoms with van der Waals surface area (Å²) in [5, 5.41) is 15.5. The van der Waals surface area contributed by atoms with Gasteiger partial charge >= 0.3 is 0 Å². The average Bonchev–Trinajstić information content (AvgIpc) is 2.71. The Labute approximate surface area is 108 Å². The van der Waals surface area contributed by atoms with Gasteiger partial charge in [0, 0.05) is 17.4 Å². The van der Waals surface area contributed by atoms with Crippen LogP contribution in [-0.4, -0.2) is 31.8 Å². The van der Waals surface area contributed by atoms with Crippen LogP contribution < -0.4 is 5.11 Å². The fraction of sp³-hybridized carbons (Fsp3) is 0.455. The van der Waals surface area contributed by atoms with Crippen LogP contribution in [0.4, 0.5) is 0 Å². The molecule has 2 aromatic heterocycles. The van der Waals surface area contributed by atoms with E-state index in [-0.39, 0.29) is 6.42 Å². The number of hydrogen-bond acceptors (Lipinski definition) is 6. The number of carboxylic acid groups (broad SMARTS) is 1. The number of hydrogen-bond donors (Lipinski definition) is 0. The van der Waals surface area contributed by atoms with E-state index >= 15 is 0 Å². The van der Waals surface area contributed by atoms with Gasteiger partial charge in [-0.3, -0.25) is 0 Å². The minimum Gasteiger partial charge on any atom is -0.550 e. The standard InChI is InChI=1S/C11H14N4O2S/c1-6-8(4-5-9(16)17)7(2)15-10(12-6)13-11(14-15)18-3/h4-5H2,1-3H3,(H,16,17)/p-1. The summed E-state index contributed by atoms with van der Waals surface area (Å²) in [5.74, 6) is -0.510. The number of carbonyl (C=O) groups is 1. The zero-order chi connectivity index (χ0) is 13.3. The third-order valence-corrected chi connectivity index (χ3v) is 3.33. The third-order valence-electron chi connectivity index (χ3n) is 2.79. The molecule has 6 nitrogen and oxygen atoms in total. The maximum absolute atomic E-state index is 10.5. The van der Waals surface area contributed by atoms with E-state index in [0.717, 1.165) is 17.0 Å². The second-order valence-corrected chi connectivity index (χ2v) is 4.72. The normalized spacial score (nSPS) is 11.1. The van der Waals surface area contributed by atoms with Gasteiger partial charge in [0.05, 0.1) is 0 Å². The topological polar surface area (TPSA) is 83.2 Å². The van der Waals surface area contributed by atoms with E-state index in [1.807, 2.05) is 20.1 Å². The minimum atomic E-state index is -1.06. The van der Waals surface area contributed by atoms with Gasteiger partial charge in [0.1, 0.15) is 0 Å². The molecular formula is C11H13N4O2S-. The first-order valence-electron chi connectivity index (χ1n) is 5.49. The molecule has 96 valence electrons. The van der Waals surface area contributed by atoms with Gasteiger partial charge in [-0.05, 0) is 38.5 Å². The molecule has 0 radical (unpaired) electrons. The lowest BCUT2D eigenvalue weighted by Crippen LogP contribution is -2.23. The molecule has 0 amide bonds. The second kappa shape index (κ2) is 4.93. The highest BCUT2D eigenvalue weighted by Crippen LogP contribution is 2.17. The smallest absolute Gasteiger partial charge is 0.253 e. The fourth-order valence-corrected chi connectivity index (χ4v) is 2.20. The first-order chi connectivity index (χ1) is 8.52. The second-order valence-electron chi connectivity index (χ2n) is 3.94. The molecule has 2 aromatic rings. The average molecular weight is 265 g/mol. The Bertz CT molecular complexity index is 609. The van der Waals surface area contributed by atoms with Crippen molar-refractivity contribution in [2.75, 3.05) is 6.26 Å². The van der Waals surface area contributed by atoms with Gasteiger partial charge in [0.25, 0.3) is 5.78 Å². The van der Waals surface area contributed by atoms with Crippen LogP contribution >= 0.6 is 11.8 Å². The first-order valence-corrected chi connectivity index (χ1v) is 6.72. The van der Waals surface area contributed by atoms with Crippen molar-refractivity contribution in [3.05, 3.63) is 17.0 Å². The highest BCUT2D eigenvalue weighted by atomic mass is 32.2. The van der Waals surface area contributed by atoms with Crippen LogP contribution in [0.5, 0.6) is 0 Å². The monoisotopic (exact) mass is 265 g/mol. The van der Waals surface area contributed by atoms with Crippen LogP contribution in [0, 0.1) is 13.8 Å². The molecule has 0 aliphatic carbocycles. The molecule has 0 N–H and O–H groups in total. The number of aromatic nitrogens is 4.